The molecule has 1 aromatic carbocycles. The highest BCUT2D eigenvalue weighted by molar-refractivity contribution is 5.84. The van der Waals surface area contributed by atoms with Crippen molar-refractivity contribution in [1.82, 2.24) is 19.4 Å². The first-order valence-corrected chi connectivity index (χ1v) is 12.2. The van der Waals surface area contributed by atoms with Crippen molar-refractivity contribution in [2.24, 2.45) is 18.7 Å². The van der Waals surface area contributed by atoms with Gasteiger partial charge in [0.25, 0.3) is 0 Å². The van der Waals surface area contributed by atoms with Gasteiger partial charge in [-0.3, -0.25) is 10.6 Å². The Balaban J connectivity index is 1.42. The smallest absolute Gasteiger partial charge is 0.419 e. The summed E-state index contributed by atoms with van der Waals surface area (Å²) >= 11 is 0. The molecule has 4 rings (SSSR count). The fourth-order valence-corrected chi connectivity index (χ4v) is 4.62. The van der Waals surface area contributed by atoms with E-state index >= 15 is 0 Å². The average Bonchev–Trinajstić information content (AvgIpc) is 3.24. The third kappa shape index (κ3) is 6.28. The zero-order chi connectivity index (χ0) is 27.4. The maximum atomic E-state index is 14.0. The number of nitrogens with two attached hydrogens (primary N) is 1. The van der Waals surface area contributed by atoms with E-state index in [4.69, 9.17) is 10.5 Å². The molecule has 9 nitrogen and oxygen atoms in total. The first-order chi connectivity index (χ1) is 18.0. The lowest BCUT2D eigenvalue weighted by atomic mass is 9.94. The standard InChI is InChI=1S/C26H28F3N7O2/c1-16(31)33-24(37)14-36-8-5-17(6-9-36)7-10-38-23-4-3-18(11-19(23)26(27,28)29)20-12-22-25(21(13-30)34-20)32-15-35(22)2/h3-4,11-12,15,17H,5-10,14H2,1-2H3,(H2,31,33,37)/p+1. The number of hydrogen-bond acceptors (Lipinski definition) is 6. The molecule has 0 bridgehead atoms. The van der Waals surface area contributed by atoms with E-state index in [2.05, 4.69) is 15.0 Å². The fraction of sp³-hybridized carbons (Fsp3) is 0.423. The van der Waals surface area contributed by atoms with Gasteiger partial charge in [0.2, 0.25) is 5.84 Å². The van der Waals surface area contributed by atoms with Crippen LogP contribution in [0.4, 0.5) is 13.2 Å². The molecule has 1 aliphatic heterocycles. The van der Waals surface area contributed by atoms with Crippen molar-refractivity contribution >= 4 is 22.8 Å². The number of likely N-dealkylation sites (tertiary alicyclic amines) is 1. The minimum Gasteiger partial charge on any atom is -0.493 e. The fourth-order valence-electron chi connectivity index (χ4n) is 4.62. The molecule has 12 heteroatoms. The van der Waals surface area contributed by atoms with Gasteiger partial charge in [-0.05, 0) is 62.5 Å². The topological polar surface area (TPSA) is 124 Å². The van der Waals surface area contributed by atoms with E-state index in [0.29, 0.717) is 29.2 Å². The lowest BCUT2D eigenvalue weighted by Crippen LogP contribution is -2.80. The maximum Gasteiger partial charge on any atom is 0.419 e. The van der Waals surface area contributed by atoms with Crippen LogP contribution in [-0.4, -0.2) is 57.4 Å². The molecular weight excluding hydrogens is 499 g/mol. The molecule has 3 aromatic rings. The number of carbonyl (C=O) groups excluding carboxylic acids is 1. The van der Waals surface area contributed by atoms with E-state index in [-0.39, 0.29) is 41.8 Å². The zero-order valence-corrected chi connectivity index (χ0v) is 21.2. The molecule has 0 saturated carbocycles. The predicted molar refractivity (Wildman–Crippen MR) is 134 cm³/mol. The summed E-state index contributed by atoms with van der Waals surface area (Å²) in [4.78, 5) is 24.9. The highest BCUT2D eigenvalue weighted by Gasteiger charge is 2.35. The second-order valence-electron chi connectivity index (χ2n) is 9.49. The molecule has 1 amide bonds. The van der Waals surface area contributed by atoms with Gasteiger partial charge in [-0.25, -0.2) is 19.8 Å². The van der Waals surface area contributed by atoms with Gasteiger partial charge < -0.3 is 9.30 Å². The number of carbonyl (C=O) groups is 1. The van der Waals surface area contributed by atoms with Gasteiger partial charge in [-0.15, -0.1) is 0 Å². The van der Waals surface area contributed by atoms with Crippen LogP contribution in [0.25, 0.3) is 22.3 Å². The van der Waals surface area contributed by atoms with Crippen LogP contribution in [0.3, 0.4) is 0 Å². The van der Waals surface area contributed by atoms with Gasteiger partial charge in [0.05, 0.1) is 29.7 Å². The third-order valence-electron chi connectivity index (χ3n) is 6.59. The maximum absolute atomic E-state index is 14.0. The van der Waals surface area contributed by atoms with Crippen molar-refractivity contribution in [3.8, 4) is 23.1 Å². The number of benzene rings is 1. The van der Waals surface area contributed by atoms with Gasteiger partial charge in [-0.1, -0.05) is 0 Å². The number of alkyl halides is 3. The molecule has 3 heterocycles. The number of piperidine rings is 1. The van der Waals surface area contributed by atoms with Crippen LogP contribution in [0.15, 0.2) is 30.6 Å². The summed E-state index contributed by atoms with van der Waals surface area (Å²) in [6, 6.07) is 7.40. The van der Waals surface area contributed by atoms with Crippen molar-refractivity contribution in [2.75, 3.05) is 26.2 Å². The quantitative estimate of drug-likeness (QED) is 0.355. The number of amidine groups is 1. The molecule has 3 N–H and O–H groups in total. The average molecular weight is 529 g/mol. The lowest BCUT2D eigenvalue weighted by Gasteiger charge is -2.30. The van der Waals surface area contributed by atoms with Crippen LogP contribution in [-0.2, 0) is 18.0 Å². The van der Waals surface area contributed by atoms with Gasteiger partial charge in [0.15, 0.2) is 5.69 Å². The van der Waals surface area contributed by atoms with Crippen LogP contribution in [0, 0.1) is 17.2 Å². The number of ether oxygens (including phenoxy) is 1. The van der Waals surface area contributed by atoms with E-state index in [9.17, 15) is 23.2 Å². The van der Waals surface area contributed by atoms with E-state index in [1.165, 1.54) is 18.5 Å². The van der Waals surface area contributed by atoms with E-state index in [0.717, 1.165) is 32.0 Å². The van der Waals surface area contributed by atoms with Crippen molar-refractivity contribution in [2.45, 2.75) is 32.4 Å². The van der Waals surface area contributed by atoms with Gasteiger partial charge >= 0.3 is 12.1 Å². The van der Waals surface area contributed by atoms with Crippen molar-refractivity contribution in [3.05, 3.63) is 41.9 Å². The molecule has 0 unspecified atom stereocenters. The molecule has 1 aliphatic rings. The summed E-state index contributed by atoms with van der Waals surface area (Å²) in [5.74, 6) is 0.246. The second-order valence-corrected chi connectivity index (χ2v) is 9.49. The Bertz CT molecular complexity index is 1400. The number of nitrogens with zero attached hydrogens (tertiary/aromatic N) is 5. The van der Waals surface area contributed by atoms with Crippen molar-refractivity contribution in [1.29, 1.82) is 5.26 Å². The summed E-state index contributed by atoms with van der Waals surface area (Å²) in [5.41, 5.74) is 6.11. The van der Waals surface area contributed by atoms with Crippen molar-refractivity contribution < 1.29 is 27.7 Å². The number of rotatable bonds is 7. The Labute approximate surface area is 217 Å². The Hall–Kier alpha value is -3.98. The minimum atomic E-state index is -4.63. The number of nitriles is 1. The molecule has 0 atom stereocenters. The number of halogens is 3. The lowest BCUT2D eigenvalue weighted by molar-refractivity contribution is -0.379. The largest absolute Gasteiger partial charge is 0.493 e. The minimum absolute atomic E-state index is 0.0477. The summed E-state index contributed by atoms with van der Waals surface area (Å²) < 4.78 is 49.1. The third-order valence-corrected chi connectivity index (χ3v) is 6.59. The number of hydrogen-bond donors (Lipinski definition) is 2. The monoisotopic (exact) mass is 528 g/mol. The summed E-state index contributed by atoms with van der Waals surface area (Å²) in [7, 11) is 1.74. The Morgan fingerprint density at radius 2 is 2.03 bits per heavy atom. The van der Waals surface area contributed by atoms with Gasteiger partial charge in [0.1, 0.15) is 23.9 Å². The van der Waals surface area contributed by atoms with Gasteiger partial charge in [0, 0.05) is 19.5 Å². The molecule has 1 fully saturated rings. The summed E-state index contributed by atoms with van der Waals surface area (Å²) in [5, 5.41) is 9.45. The van der Waals surface area contributed by atoms with E-state index in [1.54, 1.807) is 24.6 Å². The highest BCUT2D eigenvalue weighted by Crippen LogP contribution is 2.39. The molecule has 38 heavy (non-hydrogen) atoms. The summed E-state index contributed by atoms with van der Waals surface area (Å²) in [6.45, 7) is 3.47. The molecule has 0 aliphatic carbocycles. The highest BCUT2D eigenvalue weighted by atomic mass is 19.4. The van der Waals surface area contributed by atoms with Crippen LogP contribution in [0.1, 0.15) is 37.4 Å². The normalized spacial score (nSPS) is 15.5. The molecule has 0 spiro atoms. The number of aryl methyl sites for hydroxylation is 1. The van der Waals surface area contributed by atoms with Crippen molar-refractivity contribution in [3.63, 3.8) is 0 Å². The van der Waals surface area contributed by atoms with Crippen LogP contribution in [0.5, 0.6) is 5.75 Å². The molecular formula is C26H29F3N7O2+. The van der Waals surface area contributed by atoms with Crippen LogP contribution < -0.4 is 15.5 Å². The zero-order valence-electron chi connectivity index (χ0n) is 21.2. The first-order valence-electron chi connectivity index (χ1n) is 12.2. The van der Waals surface area contributed by atoms with Crippen LogP contribution >= 0.6 is 0 Å². The first kappa shape index (κ1) is 27.1. The predicted octanol–water partition coefficient (Wildman–Crippen LogP) is 1.99. The van der Waals surface area contributed by atoms with Crippen LogP contribution in [0.2, 0.25) is 0 Å². The Morgan fingerprint density at radius 1 is 1.29 bits per heavy atom. The molecule has 1 saturated heterocycles. The SMILES string of the molecule is CC(N)=[NH+]C(=O)CN1CCC(CCOc2ccc(-c3cc4c(ncn4C)c(C#N)n3)cc2C(F)(F)F)CC1. The summed E-state index contributed by atoms with van der Waals surface area (Å²) in [6.07, 6.45) is -0.839. The molecule has 200 valence electrons. The van der Waals surface area contributed by atoms with E-state index in [1.807, 2.05) is 11.0 Å². The number of pyridine rings is 1. The molecule has 2 aromatic heterocycles. The Morgan fingerprint density at radius 3 is 2.68 bits per heavy atom. The number of aromatic nitrogens is 3. The van der Waals surface area contributed by atoms with E-state index < -0.39 is 11.7 Å². The van der Waals surface area contributed by atoms with Gasteiger partial charge in [-0.2, -0.15) is 18.4 Å². The number of imidazole rings is 1. The number of amides is 1. The Kier molecular flexibility index (Phi) is 7.97. The second kappa shape index (κ2) is 11.2. The molecule has 0 radical (unpaired) electrons. The number of fused-ring (bicyclic) bond motifs is 1. The number of nitrogens with one attached hydrogen (secondary N) is 1.